The van der Waals surface area contributed by atoms with Crippen molar-refractivity contribution in [2.45, 2.75) is 19.5 Å². The molecule has 0 bridgehead atoms. The average molecular weight is 294 g/mol. The minimum Gasteiger partial charge on any atom is -0.469 e. The van der Waals surface area contributed by atoms with Crippen LogP contribution in [0.3, 0.4) is 0 Å². The van der Waals surface area contributed by atoms with E-state index in [1.54, 1.807) is 0 Å². The number of benzene rings is 1. The number of nitrogens with zero attached hydrogens (tertiary/aromatic N) is 1. The maximum atomic E-state index is 11.8. The van der Waals surface area contributed by atoms with Gasteiger partial charge in [0.15, 0.2) is 6.61 Å². The first-order valence-electron chi connectivity index (χ1n) is 6.54. The van der Waals surface area contributed by atoms with Crippen molar-refractivity contribution in [3.8, 4) is 0 Å². The first-order chi connectivity index (χ1) is 9.69. The molecule has 2 heterocycles. The summed E-state index contributed by atoms with van der Waals surface area (Å²) in [5.74, 6) is 0.210. The summed E-state index contributed by atoms with van der Waals surface area (Å²) in [5, 5.41) is 0. The lowest BCUT2D eigenvalue weighted by Gasteiger charge is -2.30. The second-order valence-electron chi connectivity index (χ2n) is 5.01. The Morgan fingerprint density at radius 2 is 2.25 bits per heavy atom. The molecular formula is C14H16ClN3O2. The summed E-state index contributed by atoms with van der Waals surface area (Å²) < 4.78 is 5.12. The van der Waals surface area contributed by atoms with Gasteiger partial charge in [0.1, 0.15) is 5.70 Å². The predicted molar refractivity (Wildman–Crippen MR) is 75.4 cm³/mol. The zero-order valence-corrected chi connectivity index (χ0v) is 11.7. The van der Waals surface area contributed by atoms with Crippen LogP contribution in [0.15, 0.2) is 29.8 Å². The van der Waals surface area contributed by atoms with Crippen molar-refractivity contribution in [3.05, 3.63) is 46.5 Å². The van der Waals surface area contributed by atoms with E-state index in [-0.39, 0.29) is 18.3 Å². The third kappa shape index (κ3) is 2.34. The van der Waals surface area contributed by atoms with Gasteiger partial charge in [-0.1, -0.05) is 18.2 Å². The summed E-state index contributed by atoms with van der Waals surface area (Å²) >= 11 is 5.54. The average Bonchev–Trinajstić information content (AvgIpc) is 2.78. The van der Waals surface area contributed by atoms with Crippen molar-refractivity contribution in [2.75, 3.05) is 13.2 Å². The zero-order valence-electron chi connectivity index (χ0n) is 11.0. The Balaban J connectivity index is 1.86. The molecule has 0 aromatic heterocycles. The van der Waals surface area contributed by atoms with E-state index in [4.69, 9.17) is 22.2 Å². The molecule has 6 heteroatoms. The molecule has 0 aliphatic carbocycles. The molecule has 1 aromatic rings. The molecule has 0 atom stereocenters. The monoisotopic (exact) mass is 293 g/mol. The molecule has 0 unspecified atom stereocenters. The van der Waals surface area contributed by atoms with Crippen LogP contribution in [0.25, 0.3) is 0 Å². The van der Waals surface area contributed by atoms with Crippen LogP contribution >= 0.6 is 11.8 Å². The van der Waals surface area contributed by atoms with E-state index in [1.165, 1.54) is 11.1 Å². The van der Waals surface area contributed by atoms with Gasteiger partial charge in [-0.3, -0.25) is 4.79 Å². The van der Waals surface area contributed by atoms with Crippen LogP contribution in [0.1, 0.15) is 16.7 Å². The highest BCUT2D eigenvalue weighted by Crippen LogP contribution is 2.26. The van der Waals surface area contributed by atoms with Gasteiger partial charge in [0.2, 0.25) is 11.7 Å². The van der Waals surface area contributed by atoms with Crippen molar-refractivity contribution in [1.29, 1.82) is 0 Å². The Bertz CT molecular complexity index is 586. The standard InChI is InChI=1S/C14H16ClN3O2/c15-17-6-9-1-2-10-3-4-18(7-11(10)5-9)13-12(19)8-20-14(13)16/h1-2,5,17H,3-4,6-8,16H2. The molecule has 0 radical (unpaired) electrons. The van der Waals surface area contributed by atoms with Crippen LogP contribution in [-0.2, 0) is 29.0 Å². The van der Waals surface area contributed by atoms with Crippen molar-refractivity contribution in [2.24, 2.45) is 5.73 Å². The van der Waals surface area contributed by atoms with Crippen LogP contribution in [0.4, 0.5) is 0 Å². The van der Waals surface area contributed by atoms with Crippen molar-refractivity contribution >= 4 is 17.6 Å². The lowest BCUT2D eigenvalue weighted by molar-refractivity contribution is -0.117. The van der Waals surface area contributed by atoms with Crippen molar-refractivity contribution < 1.29 is 9.53 Å². The number of ether oxygens (including phenoxy) is 1. The van der Waals surface area contributed by atoms with E-state index in [0.717, 1.165) is 18.5 Å². The second kappa shape index (κ2) is 5.34. The fourth-order valence-corrected chi connectivity index (χ4v) is 2.89. The van der Waals surface area contributed by atoms with Crippen LogP contribution in [0, 0.1) is 0 Å². The highest BCUT2D eigenvalue weighted by atomic mass is 35.5. The van der Waals surface area contributed by atoms with Crippen molar-refractivity contribution in [3.63, 3.8) is 0 Å². The summed E-state index contributed by atoms with van der Waals surface area (Å²) in [4.78, 5) is 16.5. The number of nitrogens with two attached hydrogens (primary N) is 1. The number of ketones is 1. The molecule has 3 rings (SSSR count). The topological polar surface area (TPSA) is 67.6 Å². The first-order valence-corrected chi connectivity index (χ1v) is 6.91. The molecule has 20 heavy (non-hydrogen) atoms. The number of hydrogen-bond donors (Lipinski definition) is 2. The van der Waals surface area contributed by atoms with Gasteiger partial charge < -0.3 is 15.4 Å². The second-order valence-corrected chi connectivity index (χ2v) is 5.28. The number of fused-ring (bicyclic) bond motifs is 1. The molecular weight excluding hydrogens is 278 g/mol. The third-order valence-corrected chi connectivity index (χ3v) is 3.86. The number of hydrogen-bond acceptors (Lipinski definition) is 5. The third-order valence-electron chi connectivity index (χ3n) is 3.73. The Kier molecular flexibility index (Phi) is 3.54. The van der Waals surface area contributed by atoms with E-state index in [1.807, 2.05) is 4.90 Å². The molecule has 2 aliphatic rings. The number of carbonyl (C=O) groups excluding carboxylic acids is 1. The molecule has 3 N–H and O–H groups in total. The lowest BCUT2D eigenvalue weighted by Crippen LogP contribution is -2.33. The molecule has 1 aromatic carbocycles. The summed E-state index contributed by atoms with van der Waals surface area (Å²) in [7, 11) is 0. The van der Waals surface area contributed by atoms with Crippen LogP contribution in [0.2, 0.25) is 0 Å². The summed E-state index contributed by atoms with van der Waals surface area (Å²) in [6.07, 6.45) is 0.897. The summed E-state index contributed by atoms with van der Waals surface area (Å²) in [6, 6.07) is 6.32. The number of halogens is 1. The minimum atomic E-state index is -0.0375. The Labute approximate surface area is 122 Å². The van der Waals surface area contributed by atoms with E-state index in [0.29, 0.717) is 18.8 Å². The molecule has 0 saturated carbocycles. The van der Waals surface area contributed by atoms with Crippen LogP contribution < -0.4 is 10.6 Å². The predicted octanol–water partition coefficient (Wildman–Crippen LogP) is 1.02. The molecule has 0 fully saturated rings. The van der Waals surface area contributed by atoms with Crippen LogP contribution in [-0.4, -0.2) is 23.8 Å². The van der Waals surface area contributed by atoms with Crippen molar-refractivity contribution in [1.82, 2.24) is 9.74 Å². The summed E-state index contributed by atoms with van der Waals surface area (Å²) in [5.41, 5.74) is 9.93. The highest BCUT2D eigenvalue weighted by Gasteiger charge is 2.30. The Morgan fingerprint density at radius 3 is 2.95 bits per heavy atom. The quantitative estimate of drug-likeness (QED) is 0.814. The molecule has 0 saturated heterocycles. The van der Waals surface area contributed by atoms with E-state index >= 15 is 0 Å². The maximum Gasteiger partial charge on any atom is 0.221 e. The fourth-order valence-electron chi connectivity index (χ4n) is 2.74. The van der Waals surface area contributed by atoms with Gasteiger partial charge in [0, 0.05) is 19.6 Å². The largest absolute Gasteiger partial charge is 0.469 e. The normalized spacial score (nSPS) is 18.2. The first kappa shape index (κ1) is 13.3. The number of carbonyl (C=O) groups is 1. The Morgan fingerprint density at radius 1 is 1.40 bits per heavy atom. The van der Waals surface area contributed by atoms with Gasteiger partial charge in [0.05, 0.1) is 0 Å². The highest BCUT2D eigenvalue weighted by molar-refractivity contribution is 6.13. The lowest BCUT2D eigenvalue weighted by atomic mass is 9.97. The van der Waals surface area contributed by atoms with Gasteiger partial charge in [-0.15, -0.1) is 0 Å². The number of rotatable bonds is 3. The smallest absolute Gasteiger partial charge is 0.221 e. The molecule has 0 spiro atoms. The van der Waals surface area contributed by atoms with E-state index < -0.39 is 0 Å². The van der Waals surface area contributed by atoms with Gasteiger partial charge in [0.25, 0.3) is 0 Å². The van der Waals surface area contributed by atoms with Gasteiger partial charge in [-0.25, -0.2) is 4.84 Å². The van der Waals surface area contributed by atoms with E-state index in [9.17, 15) is 4.79 Å². The zero-order chi connectivity index (χ0) is 14.1. The van der Waals surface area contributed by atoms with Gasteiger partial charge >= 0.3 is 0 Å². The number of Topliss-reactive ketones (excluding diaryl/α,β-unsaturated/α-hetero) is 1. The minimum absolute atomic E-state index is 0.0375. The maximum absolute atomic E-state index is 11.8. The molecule has 2 aliphatic heterocycles. The molecule has 0 amide bonds. The number of nitrogens with one attached hydrogen (secondary N) is 1. The molecule has 106 valence electrons. The fraction of sp³-hybridized carbons (Fsp3) is 0.357. The Hall–Kier alpha value is -1.72. The SMILES string of the molecule is NC1=C(N2CCc3ccc(CNCl)cc3C2)C(=O)CO1. The van der Waals surface area contributed by atoms with Gasteiger partial charge in [-0.2, -0.15) is 0 Å². The van der Waals surface area contributed by atoms with Gasteiger partial charge in [-0.05, 0) is 34.9 Å². The summed E-state index contributed by atoms with van der Waals surface area (Å²) in [6.45, 7) is 2.13. The van der Waals surface area contributed by atoms with E-state index in [2.05, 4.69) is 23.0 Å². The van der Waals surface area contributed by atoms with Crippen LogP contribution in [0.5, 0.6) is 0 Å². The molecule has 5 nitrogen and oxygen atoms in total.